The van der Waals surface area contributed by atoms with Crippen LogP contribution in [0.1, 0.15) is 0 Å². The largest absolute Gasteiger partial charge is 1.00 e. The fraction of sp³-hybridized carbons (Fsp3) is 0.625. The number of hydrogen-bond acceptors (Lipinski definition) is 2. The van der Waals surface area contributed by atoms with Crippen molar-refractivity contribution in [3.8, 4) is 12.3 Å². The number of methoxy groups -OCH3 is 1. The molecular formula is C8H14BrNO2. The Morgan fingerprint density at radius 1 is 1.58 bits per heavy atom. The van der Waals surface area contributed by atoms with E-state index < -0.39 is 0 Å². The van der Waals surface area contributed by atoms with Gasteiger partial charge in [-0.25, -0.2) is 4.79 Å². The van der Waals surface area contributed by atoms with Crippen molar-refractivity contribution in [1.29, 1.82) is 0 Å². The minimum Gasteiger partial charge on any atom is -1.00 e. The van der Waals surface area contributed by atoms with Gasteiger partial charge in [0.05, 0.1) is 21.2 Å². The summed E-state index contributed by atoms with van der Waals surface area (Å²) in [5.74, 6) is 2.27. The van der Waals surface area contributed by atoms with Gasteiger partial charge in [-0.05, 0) is 5.92 Å². The van der Waals surface area contributed by atoms with E-state index in [0.29, 0.717) is 17.6 Å². The summed E-state index contributed by atoms with van der Waals surface area (Å²) in [4.78, 5) is 10.8. The van der Waals surface area contributed by atoms with Gasteiger partial charge in [0.2, 0.25) is 0 Å². The van der Waals surface area contributed by atoms with Crippen LogP contribution >= 0.6 is 0 Å². The van der Waals surface area contributed by atoms with E-state index in [4.69, 9.17) is 6.42 Å². The topological polar surface area (TPSA) is 26.3 Å². The molecule has 0 aliphatic rings. The first-order chi connectivity index (χ1) is 5.02. The van der Waals surface area contributed by atoms with Crippen LogP contribution in [-0.4, -0.2) is 44.7 Å². The number of likely N-dealkylation sites (N-methyl/N-ethyl adjacent to an activating group) is 1. The lowest BCUT2D eigenvalue weighted by molar-refractivity contribution is -0.875. The quantitative estimate of drug-likeness (QED) is 0.294. The van der Waals surface area contributed by atoms with Crippen molar-refractivity contribution in [3.63, 3.8) is 0 Å². The molecule has 4 heteroatoms. The highest BCUT2D eigenvalue weighted by molar-refractivity contribution is 5.70. The number of hydrogen-bond donors (Lipinski definition) is 0. The molecule has 0 saturated carbocycles. The third kappa shape index (κ3) is 6.20. The van der Waals surface area contributed by atoms with E-state index in [1.807, 2.05) is 14.1 Å². The second-order valence-corrected chi connectivity index (χ2v) is 3.03. The Bertz CT molecular complexity index is 184. The smallest absolute Gasteiger partial charge is 0.361 e. The summed E-state index contributed by atoms with van der Waals surface area (Å²) in [6, 6.07) is 0. The second-order valence-electron chi connectivity index (χ2n) is 3.03. The maximum atomic E-state index is 10.8. The molecule has 0 aromatic carbocycles. The fourth-order valence-electron chi connectivity index (χ4n) is 0.717. The van der Waals surface area contributed by atoms with Gasteiger partial charge in [0.1, 0.15) is 6.54 Å². The minimum absolute atomic E-state index is 0. The second kappa shape index (κ2) is 6.04. The number of halogens is 1. The third-order valence-electron chi connectivity index (χ3n) is 1.30. The van der Waals surface area contributed by atoms with Crippen LogP contribution in [0, 0.1) is 12.3 Å². The van der Waals surface area contributed by atoms with Crippen LogP contribution in [0.25, 0.3) is 0 Å². The highest BCUT2D eigenvalue weighted by atomic mass is 79.9. The average Bonchev–Trinajstić information content (AvgIpc) is 1.86. The zero-order valence-electron chi connectivity index (χ0n) is 7.63. The Morgan fingerprint density at radius 2 is 2.08 bits per heavy atom. The molecule has 0 spiro atoms. The molecule has 0 radical (unpaired) electrons. The maximum absolute atomic E-state index is 10.8. The molecule has 0 fully saturated rings. The van der Waals surface area contributed by atoms with E-state index in [1.54, 1.807) is 0 Å². The molecule has 12 heavy (non-hydrogen) atoms. The number of ether oxygens (including phenoxy) is 1. The number of terminal acetylenes is 1. The zero-order chi connectivity index (χ0) is 8.91. The maximum Gasteiger partial charge on any atom is 0.361 e. The van der Waals surface area contributed by atoms with Crippen molar-refractivity contribution >= 4 is 5.97 Å². The summed E-state index contributed by atoms with van der Waals surface area (Å²) in [5.41, 5.74) is 0. The molecule has 0 rings (SSSR count). The van der Waals surface area contributed by atoms with Gasteiger partial charge in [-0.2, -0.15) is 0 Å². The molecule has 3 nitrogen and oxygen atoms in total. The lowest BCUT2D eigenvalue weighted by Crippen LogP contribution is -3.00. The molecule has 0 aliphatic heterocycles. The van der Waals surface area contributed by atoms with E-state index in [9.17, 15) is 4.79 Å². The van der Waals surface area contributed by atoms with Crippen LogP contribution in [0.15, 0.2) is 0 Å². The lowest BCUT2D eigenvalue weighted by Gasteiger charge is -2.25. The van der Waals surface area contributed by atoms with E-state index >= 15 is 0 Å². The van der Waals surface area contributed by atoms with Gasteiger partial charge in [-0.15, -0.1) is 6.42 Å². The number of carbonyl (C=O) groups is 1. The average molecular weight is 236 g/mol. The normalized spacial score (nSPS) is 9.50. The Balaban J connectivity index is 0. The van der Waals surface area contributed by atoms with Crippen molar-refractivity contribution < 1.29 is 31.0 Å². The minimum atomic E-state index is -0.231. The van der Waals surface area contributed by atoms with Gasteiger partial charge in [0.15, 0.2) is 6.54 Å². The van der Waals surface area contributed by atoms with Crippen LogP contribution < -0.4 is 17.0 Å². The summed E-state index contributed by atoms with van der Waals surface area (Å²) in [7, 11) is 5.14. The van der Waals surface area contributed by atoms with E-state index in [0.717, 1.165) is 0 Å². The third-order valence-corrected chi connectivity index (χ3v) is 1.30. The molecule has 0 atom stereocenters. The summed E-state index contributed by atoms with van der Waals surface area (Å²) in [6.45, 7) is 0.857. The lowest BCUT2D eigenvalue weighted by atomic mass is 10.4. The highest BCUT2D eigenvalue weighted by Gasteiger charge is 2.18. The van der Waals surface area contributed by atoms with Crippen LogP contribution in [0.5, 0.6) is 0 Å². The summed E-state index contributed by atoms with van der Waals surface area (Å²) in [6.07, 6.45) is 5.11. The standard InChI is InChI=1S/C8H14NO2.BrH/c1-5-6-9(2,3)7-8(10)11-4;/h1H,6-7H2,2-4H3;1H/q+1;/p-1. The number of nitrogens with zero attached hydrogens (tertiary/aromatic N) is 1. The molecule has 0 aromatic heterocycles. The Labute approximate surface area is 84.1 Å². The first-order valence-electron chi connectivity index (χ1n) is 3.34. The van der Waals surface area contributed by atoms with Gasteiger partial charge in [-0.1, -0.05) is 0 Å². The molecule has 70 valence electrons. The predicted octanol–water partition coefficient (Wildman–Crippen LogP) is -3.13. The van der Waals surface area contributed by atoms with Crippen molar-refractivity contribution in [1.82, 2.24) is 0 Å². The van der Waals surface area contributed by atoms with Gasteiger partial charge >= 0.3 is 5.97 Å². The van der Waals surface area contributed by atoms with Crippen molar-refractivity contribution in [2.75, 3.05) is 34.3 Å². The van der Waals surface area contributed by atoms with E-state index in [2.05, 4.69) is 10.7 Å². The number of quaternary nitrogens is 1. The first kappa shape index (κ1) is 14.0. The molecule has 0 N–H and O–H groups in total. The summed E-state index contributed by atoms with van der Waals surface area (Å²) >= 11 is 0. The molecule has 0 amide bonds. The first-order valence-corrected chi connectivity index (χ1v) is 3.34. The van der Waals surface area contributed by atoms with Crippen LogP contribution in [0.2, 0.25) is 0 Å². The van der Waals surface area contributed by atoms with Crippen LogP contribution in [0.4, 0.5) is 0 Å². The van der Waals surface area contributed by atoms with Gasteiger partial charge in [0, 0.05) is 0 Å². The Hall–Kier alpha value is -0.530. The van der Waals surface area contributed by atoms with Gasteiger partial charge in [-0.3, -0.25) is 0 Å². The molecule has 0 aromatic rings. The van der Waals surface area contributed by atoms with Crippen molar-refractivity contribution in [2.45, 2.75) is 0 Å². The molecule has 0 bridgehead atoms. The number of rotatable bonds is 3. The molecular weight excluding hydrogens is 222 g/mol. The van der Waals surface area contributed by atoms with Crippen LogP contribution in [-0.2, 0) is 9.53 Å². The summed E-state index contributed by atoms with van der Waals surface area (Å²) < 4.78 is 4.98. The molecule has 0 unspecified atom stereocenters. The van der Waals surface area contributed by atoms with Crippen molar-refractivity contribution in [3.05, 3.63) is 0 Å². The fourth-order valence-corrected chi connectivity index (χ4v) is 0.717. The monoisotopic (exact) mass is 235 g/mol. The highest BCUT2D eigenvalue weighted by Crippen LogP contribution is 1.95. The number of carbonyl (C=O) groups excluding carboxylic acids is 1. The van der Waals surface area contributed by atoms with Gasteiger partial charge < -0.3 is 26.2 Å². The zero-order valence-corrected chi connectivity index (χ0v) is 9.22. The molecule has 0 aliphatic carbocycles. The Morgan fingerprint density at radius 3 is 2.42 bits per heavy atom. The Kier molecular flexibility index (Phi) is 7.05. The predicted molar refractivity (Wildman–Crippen MR) is 42.7 cm³/mol. The van der Waals surface area contributed by atoms with E-state index in [-0.39, 0.29) is 23.0 Å². The van der Waals surface area contributed by atoms with Crippen LogP contribution in [0.3, 0.4) is 0 Å². The van der Waals surface area contributed by atoms with Gasteiger partial charge in [0.25, 0.3) is 0 Å². The van der Waals surface area contributed by atoms with E-state index in [1.165, 1.54) is 7.11 Å². The SMILES string of the molecule is C#CC[N+](C)(C)CC(=O)OC.[Br-]. The number of esters is 1. The van der Waals surface area contributed by atoms with Crippen molar-refractivity contribution in [2.24, 2.45) is 0 Å². The summed E-state index contributed by atoms with van der Waals surface area (Å²) in [5, 5.41) is 0. The molecule has 0 heterocycles. The molecule has 0 saturated heterocycles.